The van der Waals surface area contributed by atoms with Crippen molar-refractivity contribution in [1.29, 1.82) is 0 Å². The second kappa shape index (κ2) is 7.77. The molecule has 0 aliphatic carbocycles. The number of likely N-dealkylation sites (tertiary alicyclic amines) is 1. The number of para-hydroxylation sites is 1. The quantitative estimate of drug-likeness (QED) is 0.570. The van der Waals surface area contributed by atoms with Gasteiger partial charge in [0.05, 0.1) is 25.0 Å². The molecule has 0 N–H and O–H groups in total. The van der Waals surface area contributed by atoms with E-state index in [1.165, 1.54) is 25.6 Å². The number of benzene rings is 1. The van der Waals surface area contributed by atoms with E-state index in [0.29, 0.717) is 25.1 Å². The predicted molar refractivity (Wildman–Crippen MR) is 91.0 cm³/mol. The first kappa shape index (κ1) is 17.6. The fourth-order valence-corrected chi connectivity index (χ4v) is 2.86. The molecule has 0 saturated carbocycles. The smallest absolute Gasteiger partial charge is 0.278 e. The molecule has 1 atom stereocenters. The molecule has 1 aromatic heterocycles. The van der Waals surface area contributed by atoms with E-state index < -0.39 is 4.92 Å². The van der Waals surface area contributed by atoms with Gasteiger partial charge in [0, 0.05) is 37.0 Å². The Morgan fingerprint density at radius 2 is 2.04 bits per heavy atom. The van der Waals surface area contributed by atoms with Gasteiger partial charge in [0.1, 0.15) is 6.10 Å². The minimum absolute atomic E-state index is 0.0155. The molecule has 2 heterocycles. The monoisotopic (exact) mass is 358 g/mol. The highest BCUT2D eigenvalue weighted by molar-refractivity contribution is 5.80. The average molecular weight is 358 g/mol. The van der Waals surface area contributed by atoms with Crippen LogP contribution in [0.15, 0.2) is 36.7 Å². The van der Waals surface area contributed by atoms with Crippen LogP contribution < -0.4 is 9.47 Å². The molecule has 1 aromatic carbocycles. The molecule has 26 heavy (non-hydrogen) atoms. The highest BCUT2D eigenvalue weighted by Gasteiger charge is 2.29. The van der Waals surface area contributed by atoms with Gasteiger partial charge in [-0.3, -0.25) is 14.9 Å². The summed E-state index contributed by atoms with van der Waals surface area (Å²) in [6.45, 7) is 0.909. The average Bonchev–Trinajstić information content (AvgIpc) is 3.11. The molecule has 1 unspecified atom stereocenters. The van der Waals surface area contributed by atoms with Crippen LogP contribution in [-0.4, -0.2) is 52.0 Å². The van der Waals surface area contributed by atoms with Crippen molar-refractivity contribution in [3.63, 3.8) is 0 Å². The second-order valence-electron chi connectivity index (χ2n) is 5.80. The van der Waals surface area contributed by atoms with Crippen LogP contribution in [0.1, 0.15) is 12.0 Å². The largest absolute Gasteiger partial charge is 0.477 e. The Balaban J connectivity index is 1.62. The number of hydrogen-bond acceptors (Lipinski definition) is 7. The van der Waals surface area contributed by atoms with Crippen LogP contribution in [-0.2, 0) is 11.2 Å². The molecule has 9 nitrogen and oxygen atoms in total. The van der Waals surface area contributed by atoms with E-state index in [4.69, 9.17) is 9.47 Å². The van der Waals surface area contributed by atoms with Gasteiger partial charge >= 0.3 is 0 Å². The van der Waals surface area contributed by atoms with Gasteiger partial charge in [0.25, 0.3) is 17.4 Å². The van der Waals surface area contributed by atoms with Crippen molar-refractivity contribution in [2.45, 2.75) is 18.9 Å². The first-order chi connectivity index (χ1) is 12.6. The number of nitrogens with zero attached hydrogens (tertiary/aromatic N) is 4. The molecule has 136 valence electrons. The fourth-order valence-electron chi connectivity index (χ4n) is 2.86. The molecule has 9 heteroatoms. The number of nitro benzene ring substituents is 1. The maximum absolute atomic E-state index is 12.5. The zero-order valence-electron chi connectivity index (χ0n) is 14.2. The molecule has 1 aliphatic heterocycles. The van der Waals surface area contributed by atoms with Crippen molar-refractivity contribution in [3.8, 4) is 11.8 Å². The van der Waals surface area contributed by atoms with E-state index >= 15 is 0 Å². The fraction of sp³-hybridized carbons (Fsp3) is 0.353. The lowest BCUT2D eigenvalue weighted by Crippen LogP contribution is -2.32. The molecule has 0 spiro atoms. The van der Waals surface area contributed by atoms with Gasteiger partial charge in [0.15, 0.2) is 0 Å². The van der Waals surface area contributed by atoms with Crippen molar-refractivity contribution >= 4 is 11.6 Å². The highest BCUT2D eigenvalue weighted by Crippen LogP contribution is 2.25. The number of hydrogen-bond donors (Lipinski definition) is 0. The van der Waals surface area contributed by atoms with Gasteiger partial charge in [-0.05, 0) is 0 Å². The Morgan fingerprint density at radius 3 is 2.77 bits per heavy atom. The van der Waals surface area contributed by atoms with Crippen LogP contribution >= 0.6 is 0 Å². The molecule has 0 bridgehead atoms. The summed E-state index contributed by atoms with van der Waals surface area (Å²) in [6.07, 6.45) is 3.41. The lowest BCUT2D eigenvalue weighted by molar-refractivity contribution is -0.385. The summed E-state index contributed by atoms with van der Waals surface area (Å²) in [7, 11) is 1.48. The zero-order chi connectivity index (χ0) is 18.5. The molecule has 1 amide bonds. The Labute approximate surface area is 149 Å². The van der Waals surface area contributed by atoms with E-state index in [2.05, 4.69) is 9.97 Å². The minimum Gasteiger partial charge on any atom is -0.477 e. The Hall–Kier alpha value is -3.23. The Bertz CT molecular complexity index is 813. The summed E-state index contributed by atoms with van der Waals surface area (Å²) in [6, 6.07) is 6.27. The summed E-state index contributed by atoms with van der Waals surface area (Å²) < 4.78 is 10.9. The summed E-state index contributed by atoms with van der Waals surface area (Å²) in [4.78, 5) is 32.9. The molecule has 1 aliphatic rings. The van der Waals surface area contributed by atoms with Crippen molar-refractivity contribution in [2.24, 2.45) is 0 Å². The van der Waals surface area contributed by atoms with Gasteiger partial charge < -0.3 is 14.4 Å². The van der Waals surface area contributed by atoms with Crippen LogP contribution in [0.2, 0.25) is 0 Å². The highest BCUT2D eigenvalue weighted by atomic mass is 16.6. The van der Waals surface area contributed by atoms with Crippen molar-refractivity contribution in [1.82, 2.24) is 14.9 Å². The number of amides is 1. The van der Waals surface area contributed by atoms with Gasteiger partial charge in [0.2, 0.25) is 5.91 Å². The topological polar surface area (TPSA) is 108 Å². The number of aromatic nitrogens is 2. The third-order valence-electron chi connectivity index (χ3n) is 4.13. The molecule has 1 saturated heterocycles. The number of ether oxygens (including phenoxy) is 2. The molecule has 2 aromatic rings. The normalized spacial score (nSPS) is 16.3. The molecule has 1 fully saturated rings. The van der Waals surface area contributed by atoms with Crippen molar-refractivity contribution in [2.75, 3.05) is 20.2 Å². The third-order valence-corrected chi connectivity index (χ3v) is 4.13. The predicted octanol–water partition coefficient (Wildman–Crippen LogP) is 1.62. The molecule has 0 radical (unpaired) electrons. The van der Waals surface area contributed by atoms with Crippen LogP contribution in [0.25, 0.3) is 0 Å². The van der Waals surface area contributed by atoms with Gasteiger partial charge in [-0.1, -0.05) is 18.2 Å². The molecule has 3 rings (SSSR count). The first-order valence-electron chi connectivity index (χ1n) is 8.10. The number of carbonyl (C=O) groups is 1. The minimum atomic E-state index is -0.473. The van der Waals surface area contributed by atoms with E-state index in [0.717, 1.165) is 0 Å². The van der Waals surface area contributed by atoms with E-state index in [1.807, 2.05) is 0 Å². The van der Waals surface area contributed by atoms with Crippen LogP contribution in [0.3, 0.4) is 0 Å². The van der Waals surface area contributed by atoms with Crippen molar-refractivity contribution < 1.29 is 19.2 Å². The molecular weight excluding hydrogens is 340 g/mol. The third kappa shape index (κ3) is 3.88. The maximum atomic E-state index is 12.5. The lowest BCUT2D eigenvalue weighted by Gasteiger charge is -2.17. The number of carbonyl (C=O) groups excluding carboxylic acids is 1. The number of methoxy groups -OCH3 is 1. The number of rotatable bonds is 6. The summed E-state index contributed by atoms with van der Waals surface area (Å²) in [5.74, 6) is 0.404. The summed E-state index contributed by atoms with van der Waals surface area (Å²) in [5, 5.41) is 11.1. The van der Waals surface area contributed by atoms with Gasteiger partial charge in [-0.2, -0.15) is 0 Å². The van der Waals surface area contributed by atoms with Gasteiger partial charge in [-0.25, -0.2) is 9.97 Å². The zero-order valence-corrected chi connectivity index (χ0v) is 14.2. The summed E-state index contributed by atoms with van der Waals surface area (Å²) >= 11 is 0. The first-order valence-corrected chi connectivity index (χ1v) is 8.10. The number of nitro groups is 1. The van der Waals surface area contributed by atoms with Gasteiger partial charge in [-0.15, -0.1) is 0 Å². The second-order valence-corrected chi connectivity index (χ2v) is 5.80. The van der Waals surface area contributed by atoms with Crippen LogP contribution in [0.4, 0.5) is 5.69 Å². The van der Waals surface area contributed by atoms with Crippen LogP contribution in [0.5, 0.6) is 11.8 Å². The van der Waals surface area contributed by atoms with Crippen molar-refractivity contribution in [3.05, 3.63) is 52.3 Å². The lowest BCUT2D eigenvalue weighted by atomic mass is 10.1. The van der Waals surface area contributed by atoms with E-state index in [9.17, 15) is 14.9 Å². The van der Waals surface area contributed by atoms with E-state index in [1.54, 1.807) is 23.1 Å². The Kier molecular flexibility index (Phi) is 5.26. The standard InChI is InChI=1S/C17H18N4O5/c1-25-16-17(19-8-7-18-16)26-13-6-9-20(11-13)15(22)10-12-4-2-3-5-14(12)21(23)24/h2-5,7-8,13H,6,9-11H2,1H3. The van der Waals surface area contributed by atoms with E-state index in [-0.39, 0.29) is 35.9 Å². The SMILES string of the molecule is COc1nccnc1OC1CCN(C(=O)Cc2ccccc2[N+](=O)[O-])C1. The summed E-state index contributed by atoms with van der Waals surface area (Å²) in [5.41, 5.74) is 0.361. The maximum Gasteiger partial charge on any atom is 0.278 e. The molecular formula is C17H18N4O5. The van der Waals surface area contributed by atoms with Crippen LogP contribution in [0, 0.1) is 10.1 Å². The Morgan fingerprint density at radius 1 is 1.31 bits per heavy atom.